The van der Waals surface area contributed by atoms with Gasteiger partial charge in [0.05, 0.1) is 0 Å². The molecule has 0 aliphatic carbocycles. The van der Waals surface area contributed by atoms with Gasteiger partial charge < -0.3 is 14.4 Å². The van der Waals surface area contributed by atoms with Gasteiger partial charge in [-0.3, -0.25) is 15.2 Å². The van der Waals surface area contributed by atoms with E-state index in [4.69, 9.17) is 9.05 Å². The molecular formula is C11H17F6N4O4P. The number of alkyl halides is 6. The molecule has 0 bridgehead atoms. The molecule has 1 heterocycles. The highest BCUT2D eigenvalue weighted by atomic mass is 31.2. The van der Waals surface area contributed by atoms with Crippen LogP contribution < -0.4 is 16.0 Å². The van der Waals surface area contributed by atoms with Crippen molar-refractivity contribution in [2.75, 3.05) is 14.2 Å². The molecule has 1 aliphatic rings. The maximum absolute atomic E-state index is 13.1. The molecule has 0 spiro atoms. The van der Waals surface area contributed by atoms with Gasteiger partial charge in [-0.25, -0.2) is 9.79 Å². The molecule has 0 aromatic rings. The van der Waals surface area contributed by atoms with Gasteiger partial charge in [0.1, 0.15) is 5.28 Å². The maximum atomic E-state index is 13.1. The molecular weight excluding hydrogens is 397 g/mol. The van der Waals surface area contributed by atoms with Crippen LogP contribution >= 0.6 is 7.60 Å². The van der Waals surface area contributed by atoms with Gasteiger partial charge in [0.2, 0.25) is 5.96 Å². The molecule has 0 saturated heterocycles. The Bertz CT molecular complexity index is 615. The summed E-state index contributed by atoms with van der Waals surface area (Å²) in [6, 6.07) is -1.81. The Morgan fingerprint density at radius 2 is 1.62 bits per heavy atom. The number of urea groups is 1. The Labute approximate surface area is 144 Å². The Balaban J connectivity index is 3.50. The Hall–Kier alpha value is -1.53. The summed E-state index contributed by atoms with van der Waals surface area (Å²) in [5.74, 6) is -1.19. The van der Waals surface area contributed by atoms with Crippen molar-refractivity contribution < 1.29 is 44.7 Å². The SMILES string of the molecule is CC[C@@](C)(NC1=NC(C(F)(F)F)(C(F)(F)F)NC(=O)N1)P(=O)(OC)OC. The third-order valence-electron chi connectivity index (χ3n) is 3.79. The molecule has 1 aliphatic heterocycles. The quantitative estimate of drug-likeness (QED) is 0.475. The molecule has 26 heavy (non-hydrogen) atoms. The summed E-state index contributed by atoms with van der Waals surface area (Å²) >= 11 is 0. The van der Waals surface area contributed by atoms with Crippen molar-refractivity contribution >= 4 is 19.6 Å². The second kappa shape index (κ2) is 6.89. The fraction of sp³-hybridized carbons (Fsp3) is 0.818. The molecule has 0 saturated carbocycles. The lowest BCUT2D eigenvalue weighted by atomic mass is 10.1. The van der Waals surface area contributed by atoms with E-state index in [-0.39, 0.29) is 6.42 Å². The Kier molecular flexibility index (Phi) is 5.97. The first-order valence-electron chi connectivity index (χ1n) is 6.93. The molecule has 1 rings (SSSR count). The van der Waals surface area contributed by atoms with Crippen molar-refractivity contribution in [2.24, 2.45) is 4.99 Å². The van der Waals surface area contributed by atoms with E-state index in [0.717, 1.165) is 19.5 Å². The minimum Gasteiger partial charge on any atom is -0.340 e. The van der Waals surface area contributed by atoms with Crippen molar-refractivity contribution in [1.82, 2.24) is 16.0 Å². The van der Waals surface area contributed by atoms with Gasteiger partial charge in [-0.05, 0) is 13.3 Å². The number of amides is 2. The monoisotopic (exact) mass is 414 g/mol. The van der Waals surface area contributed by atoms with Gasteiger partial charge in [-0.2, -0.15) is 26.3 Å². The highest BCUT2D eigenvalue weighted by Crippen LogP contribution is 2.59. The lowest BCUT2D eigenvalue weighted by Gasteiger charge is -2.40. The molecule has 8 nitrogen and oxygen atoms in total. The number of aliphatic imine (C=N–C) groups is 1. The van der Waals surface area contributed by atoms with Gasteiger partial charge >= 0.3 is 31.6 Å². The van der Waals surface area contributed by atoms with E-state index < -0.39 is 42.9 Å². The van der Waals surface area contributed by atoms with Gasteiger partial charge in [-0.15, -0.1) is 0 Å². The van der Waals surface area contributed by atoms with E-state index in [0.29, 0.717) is 0 Å². The summed E-state index contributed by atoms with van der Waals surface area (Å²) in [5, 5.41) is 2.76. The number of carbonyl (C=O) groups is 1. The number of hydrogen-bond acceptors (Lipinski definition) is 6. The van der Waals surface area contributed by atoms with Crippen LogP contribution in [0.4, 0.5) is 31.1 Å². The standard InChI is InChI=1S/C11H17F6N4O4P/c1-5-8(2,26(23,24-3)25-4)19-6-18-7(22)21-9(20-6,10(12,13)14)11(15,16)17/h5H2,1-4H3,(H3,18,19,20,21,22)/t8-/m0/s1. The normalized spacial score (nSPS) is 20.5. The number of hydrogen-bond donors (Lipinski definition) is 3. The summed E-state index contributed by atoms with van der Waals surface area (Å²) in [6.07, 6.45) is -12.1. The van der Waals surface area contributed by atoms with Gasteiger partial charge in [0.15, 0.2) is 0 Å². The molecule has 1 atom stereocenters. The number of rotatable bonds is 5. The molecule has 0 radical (unpaired) electrons. The zero-order valence-corrected chi connectivity index (χ0v) is 14.9. The number of guanidine groups is 1. The summed E-state index contributed by atoms with van der Waals surface area (Å²) in [7, 11) is -2.07. The van der Waals surface area contributed by atoms with E-state index in [1.54, 1.807) is 5.32 Å². The van der Waals surface area contributed by atoms with Crippen LogP contribution in [0.1, 0.15) is 20.3 Å². The summed E-state index contributed by atoms with van der Waals surface area (Å²) in [5.41, 5.74) is -4.87. The second-order valence-electron chi connectivity index (χ2n) is 5.36. The molecule has 0 aromatic heterocycles. The fourth-order valence-corrected chi connectivity index (χ4v) is 3.68. The molecule has 0 fully saturated rings. The Morgan fingerprint density at radius 1 is 1.15 bits per heavy atom. The van der Waals surface area contributed by atoms with Gasteiger partial charge in [0, 0.05) is 14.2 Å². The first-order chi connectivity index (χ1) is 11.6. The topological polar surface area (TPSA) is 101 Å². The lowest BCUT2D eigenvalue weighted by molar-refractivity contribution is -0.301. The molecule has 0 aromatic carbocycles. The van der Waals surface area contributed by atoms with Crippen molar-refractivity contribution in [3.8, 4) is 0 Å². The van der Waals surface area contributed by atoms with Crippen LogP contribution in [0.15, 0.2) is 4.99 Å². The van der Waals surface area contributed by atoms with Crippen LogP contribution in [0.2, 0.25) is 0 Å². The predicted molar refractivity (Wildman–Crippen MR) is 77.4 cm³/mol. The van der Waals surface area contributed by atoms with Crippen LogP contribution in [0, 0.1) is 0 Å². The molecule has 15 heteroatoms. The zero-order valence-electron chi connectivity index (χ0n) is 14.0. The Morgan fingerprint density at radius 3 is 1.96 bits per heavy atom. The third-order valence-corrected chi connectivity index (χ3v) is 6.39. The van der Waals surface area contributed by atoms with Crippen LogP contribution in [0.5, 0.6) is 0 Å². The van der Waals surface area contributed by atoms with Crippen molar-refractivity contribution in [3.63, 3.8) is 0 Å². The largest absolute Gasteiger partial charge is 0.441 e. The summed E-state index contributed by atoms with van der Waals surface area (Å²) in [6.45, 7) is 2.59. The lowest BCUT2D eigenvalue weighted by Crippen LogP contribution is -2.73. The van der Waals surface area contributed by atoms with E-state index in [1.807, 2.05) is 0 Å². The average molecular weight is 414 g/mol. The first kappa shape index (κ1) is 22.5. The van der Waals surface area contributed by atoms with Crippen molar-refractivity contribution in [2.45, 2.75) is 43.6 Å². The van der Waals surface area contributed by atoms with Crippen LogP contribution in [-0.4, -0.2) is 49.5 Å². The van der Waals surface area contributed by atoms with Crippen LogP contribution in [0.25, 0.3) is 0 Å². The highest BCUT2D eigenvalue weighted by molar-refractivity contribution is 7.55. The van der Waals surface area contributed by atoms with Gasteiger partial charge in [-0.1, -0.05) is 6.92 Å². The van der Waals surface area contributed by atoms with Crippen LogP contribution in [-0.2, 0) is 13.6 Å². The zero-order chi connectivity index (χ0) is 20.6. The number of nitrogens with one attached hydrogen (secondary N) is 3. The summed E-state index contributed by atoms with van der Waals surface area (Å²) < 4.78 is 101. The highest BCUT2D eigenvalue weighted by Gasteiger charge is 2.74. The van der Waals surface area contributed by atoms with E-state index in [1.165, 1.54) is 13.8 Å². The number of carbonyl (C=O) groups excluding carboxylic acids is 1. The smallest absolute Gasteiger partial charge is 0.340 e. The minimum atomic E-state index is -6.00. The fourth-order valence-electron chi connectivity index (χ4n) is 2.10. The summed E-state index contributed by atoms with van der Waals surface area (Å²) in [4.78, 5) is 14.1. The number of halogens is 6. The third kappa shape index (κ3) is 3.62. The molecule has 0 unspecified atom stereocenters. The molecule has 152 valence electrons. The number of nitrogens with zero attached hydrogens (tertiary/aromatic N) is 1. The molecule has 3 N–H and O–H groups in total. The maximum Gasteiger partial charge on any atom is 0.441 e. The van der Waals surface area contributed by atoms with E-state index >= 15 is 0 Å². The predicted octanol–water partition coefficient (Wildman–Crippen LogP) is 2.68. The minimum absolute atomic E-state index is 0.126. The first-order valence-corrected chi connectivity index (χ1v) is 8.48. The van der Waals surface area contributed by atoms with Crippen molar-refractivity contribution in [1.29, 1.82) is 0 Å². The average Bonchev–Trinajstić information content (AvgIpc) is 2.51. The van der Waals surface area contributed by atoms with Crippen molar-refractivity contribution in [3.05, 3.63) is 0 Å². The van der Waals surface area contributed by atoms with E-state index in [9.17, 15) is 35.7 Å². The van der Waals surface area contributed by atoms with Gasteiger partial charge in [0.25, 0.3) is 0 Å². The van der Waals surface area contributed by atoms with E-state index in [2.05, 4.69) is 10.3 Å². The molecule has 2 amide bonds. The second-order valence-corrected chi connectivity index (χ2v) is 8.07. The van der Waals surface area contributed by atoms with Crippen LogP contribution in [0.3, 0.4) is 0 Å².